The molecule has 1 heterocycles. The summed E-state index contributed by atoms with van der Waals surface area (Å²) in [5.41, 5.74) is 2.25. The van der Waals surface area contributed by atoms with Gasteiger partial charge in [-0.25, -0.2) is 0 Å². The Kier molecular flexibility index (Phi) is 5.33. The van der Waals surface area contributed by atoms with Crippen LogP contribution in [0.3, 0.4) is 0 Å². The third-order valence-electron chi connectivity index (χ3n) is 3.27. The Morgan fingerprint density at radius 2 is 1.75 bits per heavy atom. The van der Waals surface area contributed by atoms with Crippen molar-refractivity contribution in [2.24, 2.45) is 0 Å². The van der Waals surface area contributed by atoms with Gasteiger partial charge in [0.2, 0.25) is 0 Å². The number of rotatable bonds is 5. The van der Waals surface area contributed by atoms with Gasteiger partial charge < -0.3 is 10.1 Å². The smallest absolute Gasteiger partial charge is 0.118 e. The third kappa shape index (κ3) is 3.67. The Hall–Kier alpha value is -0.740. The molecule has 1 N–H and O–H groups in total. The monoisotopic (exact) mass is 329 g/mol. The van der Waals surface area contributed by atoms with E-state index in [9.17, 15) is 0 Å². The number of ether oxygens (including phenoxy) is 1. The van der Waals surface area contributed by atoms with Crippen LogP contribution in [0.25, 0.3) is 0 Å². The van der Waals surface area contributed by atoms with E-state index in [-0.39, 0.29) is 12.1 Å². The van der Waals surface area contributed by atoms with Crippen molar-refractivity contribution in [1.82, 2.24) is 5.32 Å². The van der Waals surface area contributed by atoms with Gasteiger partial charge in [-0.05, 0) is 43.2 Å². The zero-order chi connectivity index (χ0) is 14.7. The molecule has 1 unspecified atom stereocenters. The van der Waals surface area contributed by atoms with Crippen molar-refractivity contribution in [3.63, 3.8) is 0 Å². The topological polar surface area (TPSA) is 21.3 Å². The lowest BCUT2D eigenvalue weighted by molar-refractivity contribution is 0.414. The highest BCUT2D eigenvalue weighted by Crippen LogP contribution is 2.35. The fraction of sp³-hybridized carbons (Fsp3) is 0.333. The first kappa shape index (κ1) is 15.6. The van der Waals surface area contributed by atoms with Crippen molar-refractivity contribution in [3.05, 3.63) is 50.1 Å². The van der Waals surface area contributed by atoms with Crippen LogP contribution in [0.5, 0.6) is 5.75 Å². The van der Waals surface area contributed by atoms with Crippen LogP contribution < -0.4 is 10.1 Å². The number of nitrogens with one attached hydrogen (secondary N) is 1. The zero-order valence-electron chi connectivity index (χ0n) is 11.6. The van der Waals surface area contributed by atoms with Crippen LogP contribution in [0, 0.1) is 0 Å². The van der Waals surface area contributed by atoms with Crippen LogP contribution in [-0.4, -0.2) is 7.11 Å². The summed E-state index contributed by atoms with van der Waals surface area (Å²) in [6.07, 6.45) is 0. The van der Waals surface area contributed by atoms with E-state index in [1.165, 1.54) is 16.9 Å². The standard InChI is InChI=1S/C15H17Cl2NOS/c1-9(11-4-6-12(19-3)7-5-11)18-10(2)13-8-14(16)20-15(13)17/h4-10,18H,1-3H3/t9-,10?/m1/s1. The summed E-state index contributed by atoms with van der Waals surface area (Å²) >= 11 is 13.6. The molecule has 2 nitrogen and oxygen atoms in total. The first-order chi connectivity index (χ1) is 9.51. The zero-order valence-corrected chi connectivity index (χ0v) is 13.9. The molecule has 5 heteroatoms. The first-order valence-electron chi connectivity index (χ1n) is 6.36. The molecule has 2 aromatic rings. The van der Waals surface area contributed by atoms with E-state index >= 15 is 0 Å². The maximum Gasteiger partial charge on any atom is 0.118 e. The lowest BCUT2D eigenvalue weighted by Crippen LogP contribution is -2.22. The molecule has 1 aromatic carbocycles. The molecule has 1 aromatic heterocycles. The van der Waals surface area contributed by atoms with Gasteiger partial charge in [-0.3, -0.25) is 0 Å². The number of thiophene rings is 1. The molecule has 0 fully saturated rings. The van der Waals surface area contributed by atoms with Crippen LogP contribution in [0.4, 0.5) is 0 Å². The van der Waals surface area contributed by atoms with Crippen molar-refractivity contribution < 1.29 is 4.74 Å². The van der Waals surface area contributed by atoms with Gasteiger partial charge >= 0.3 is 0 Å². The summed E-state index contributed by atoms with van der Waals surface area (Å²) in [4.78, 5) is 0. The second-order valence-electron chi connectivity index (χ2n) is 4.66. The highest BCUT2D eigenvalue weighted by Gasteiger charge is 2.16. The number of benzene rings is 1. The molecule has 0 spiro atoms. The lowest BCUT2D eigenvalue weighted by Gasteiger charge is -2.20. The molecule has 20 heavy (non-hydrogen) atoms. The lowest BCUT2D eigenvalue weighted by atomic mass is 10.1. The Bertz CT molecular complexity index is 568. The highest BCUT2D eigenvalue weighted by molar-refractivity contribution is 7.20. The predicted octanol–water partition coefficient (Wildman–Crippen LogP) is 5.48. The van der Waals surface area contributed by atoms with Gasteiger partial charge in [-0.2, -0.15) is 0 Å². The summed E-state index contributed by atoms with van der Waals surface area (Å²) in [6, 6.07) is 10.3. The molecule has 0 bridgehead atoms. The van der Waals surface area contributed by atoms with Gasteiger partial charge in [0, 0.05) is 12.1 Å². The van der Waals surface area contributed by atoms with Crippen LogP contribution >= 0.6 is 34.5 Å². The molecule has 0 aliphatic heterocycles. The molecule has 0 aliphatic rings. The Balaban J connectivity index is 2.06. The fourth-order valence-corrected chi connectivity index (χ4v) is 3.75. The fourth-order valence-electron chi connectivity index (χ4n) is 2.10. The molecule has 0 saturated heterocycles. The number of halogens is 2. The van der Waals surface area contributed by atoms with Crippen molar-refractivity contribution in [3.8, 4) is 5.75 Å². The molecular weight excluding hydrogens is 313 g/mol. The molecule has 0 aliphatic carbocycles. The van der Waals surface area contributed by atoms with E-state index in [0.29, 0.717) is 0 Å². The van der Waals surface area contributed by atoms with Gasteiger partial charge in [0.25, 0.3) is 0 Å². The molecule has 2 rings (SSSR count). The quantitative estimate of drug-likeness (QED) is 0.784. The minimum atomic E-state index is 0.142. The molecule has 0 amide bonds. The van der Waals surface area contributed by atoms with E-state index in [1.807, 2.05) is 18.2 Å². The summed E-state index contributed by atoms with van der Waals surface area (Å²) in [5.74, 6) is 0.863. The SMILES string of the molecule is COc1ccc([C@@H](C)NC(C)c2cc(Cl)sc2Cl)cc1. The van der Waals surface area contributed by atoms with Gasteiger partial charge in [-0.15, -0.1) is 11.3 Å². The largest absolute Gasteiger partial charge is 0.497 e. The third-order valence-corrected chi connectivity index (χ3v) is 4.78. The van der Waals surface area contributed by atoms with Gasteiger partial charge in [0.15, 0.2) is 0 Å². The second-order valence-corrected chi connectivity index (χ2v) is 6.95. The molecule has 0 saturated carbocycles. The number of methoxy groups -OCH3 is 1. The van der Waals surface area contributed by atoms with Crippen molar-refractivity contribution >= 4 is 34.5 Å². The van der Waals surface area contributed by atoms with E-state index in [4.69, 9.17) is 27.9 Å². The summed E-state index contributed by atoms with van der Waals surface area (Å²) in [7, 11) is 1.67. The van der Waals surface area contributed by atoms with Crippen molar-refractivity contribution in [2.75, 3.05) is 7.11 Å². The minimum absolute atomic E-state index is 0.142. The van der Waals surface area contributed by atoms with E-state index in [2.05, 4.69) is 31.3 Å². The molecule has 2 atom stereocenters. The number of hydrogen-bond donors (Lipinski definition) is 1. The van der Waals surface area contributed by atoms with E-state index in [1.54, 1.807) is 7.11 Å². The Morgan fingerprint density at radius 1 is 1.10 bits per heavy atom. The minimum Gasteiger partial charge on any atom is -0.497 e. The number of hydrogen-bond acceptors (Lipinski definition) is 3. The van der Waals surface area contributed by atoms with Crippen molar-refractivity contribution in [1.29, 1.82) is 0 Å². The van der Waals surface area contributed by atoms with Crippen LogP contribution in [-0.2, 0) is 0 Å². The maximum atomic E-state index is 6.19. The summed E-state index contributed by atoms with van der Waals surface area (Å²) < 4.78 is 6.63. The maximum absolute atomic E-state index is 6.19. The molecule has 0 radical (unpaired) electrons. The van der Waals surface area contributed by atoms with Gasteiger partial charge in [-0.1, -0.05) is 35.3 Å². The second kappa shape index (κ2) is 6.81. The van der Waals surface area contributed by atoms with Crippen LogP contribution in [0.2, 0.25) is 8.67 Å². The predicted molar refractivity (Wildman–Crippen MR) is 87.3 cm³/mol. The average molecular weight is 330 g/mol. The van der Waals surface area contributed by atoms with E-state index in [0.717, 1.165) is 20.0 Å². The van der Waals surface area contributed by atoms with Gasteiger partial charge in [0.05, 0.1) is 15.8 Å². The Labute approximate surface area is 133 Å². The summed E-state index contributed by atoms with van der Waals surface area (Å²) in [6.45, 7) is 4.21. The van der Waals surface area contributed by atoms with Gasteiger partial charge in [0.1, 0.15) is 5.75 Å². The Morgan fingerprint density at radius 3 is 2.25 bits per heavy atom. The van der Waals surface area contributed by atoms with E-state index < -0.39 is 0 Å². The first-order valence-corrected chi connectivity index (χ1v) is 7.93. The average Bonchev–Trinajstić information content (AvgIpc) is 2.78. The highest BCUT2D eigenvalue weighted by atomic mass is 35.5. The van der Waals surface area contributed by atoms with Crippen LogP contribution in [0.1, 0.15) is 37.1 Å². The van der Waals surface area contributed by atoms with Crippen LogP contribution in [0.15, 0.2) is 30.3 Å². The molecular formula is C15H17Cl2NOS. The summed E-state index contributed by atoms with van der Waals surface area (Å²) in [5, 5.41) is 3.53. The normalized spacial score (nSPS) is 14.1. The van der Waals surface area contributed by atoms with Crippen molar-refractivity contribution in [2.45, 2.75) is 25.9 Å². The molecule has 108 valence electrons.